The van der Waals surface area contributed by atoms with E-state index in [1.165, 1.54) is 24.1 Å². The predicted molar refractivity (Wildman–Crippen MR) is 54.9 cm³/mol. The third-order valence-corrected chi connectivity index (χ3v) is 2.03. The first-order valence-electron chi connectivity index (χ1n) is 4.90. The smallest absolute Gasteiger partial charge is 0.358 e. The molecule has 0 saturated carbocycles. The van der Waals surface area contributed by atoms with Gasteiger partial charge in [0, 0.05) is 6.20 Å². The van der Waals surface area contributed by atoms with Gasteiger partial charge in [-0.05, 0) is 19.9 Å². The minimum atomic E-state index is -0.557. The molecule has 6 nitrogen and oxygen atoms in total. The minimum Gasteiger partial charge on any atom is -0.464 e. The molecule has 0 unspecified atom stereocenters. The van der Waals surface area contributed by atoms with Crippen molar-refractivity contribution in [3.05, 3.63) is 18.0 Å². The highest BCUT2D eigenvalue weighted by atomic mass is 16.5. The molecule has 1 rings (SSSR count). The monoisotopic (exact) mass is 226 g/mol. The lowest BCUT2D eigenvalue weighted by Crippen LogP contribution is -2.20. The van der Waals surface area contributed by atoms with Crippen molar-refractivity contribution in [2.75, 3.05) is 13.7 Å². The molecule has 0 saturated heterocycles. The molecule has 0 fully saturated rings. The number of esters is 2. The highest BCUT2D eigenvalue weighted by Gasteiger charge is 2.18. The van der Waals surface area contributed by atoms with Crippen LogP contribution in [0.5, 0.6) is 0 Å². The van der Waals surface area contributed by atoms with Crippen LogP contribution in [0.3, 0.4) is 0 Å². The zero-order chi connectivity index (χ0) is 12.1. The van der Waals surface area contributed by atoms with Crippen molar-refractivity contribution < 1.29 is 19.1 Å². The SMILES string of the molecule is CCOC(=O)[C@@H](C)n1ccc(C(=O)OC)n1. The second-order valence-corrected chi connectivity index (χ2v) is 3.10. The van der Waals surface area contributed by atoms with Gasteiger partial charge in [-0.3, -0.25) is 4.68 Å². The Labute approximate surface area is 93.1 Å². The summed E-state index contributed by atoms with van der Waals surface area (Å²) in [4.78, 5) is 22.5. The molecule has 1 atom stereocenters. The predicted octanol–water partition coefficient (Wildman–Crippen LogP) is 0.794. The summed E-state index contributed by atoms with van der Waals surface area (Å²) >= 11 is 0. The van der Waals surface area contributed by atoms with Crippen LogP contribution < -0.4 is 0 Å². The topological polar surface area (TPSA) is 70.4 Å². The van der Waals surface area contributed by atoms with Gasteiger partial charge in [0.15, 0.2) is 5.69 Å². The number of ether oxygens (including phenoxy) is 2. The molecule has 0 aliphatic carbocycles. The third kappa shape index (κ3) is 2.59. The van der Waals surface area contributed by atoms with Gasteiger partial charge in [0.2, 0.25) is 0 Å². The van der Waals surface area contributed by atoms with Crippen LogP contribution in [0.1, 0.15) is 30.4 Å². The molecule has 1 aromatic rings. The molecule has 0 aliphatic rings. The molecule has 0 radical (unpaired) electrons. The minimum absolute atomic E-state index is 0.165. The first kappa shape index (κ1) is 12.2. The highest BCUT2D eigenvalue weighted by Crippen LogP contribution is 2.08. The van der Waals surface area contributed by atoms with Crippen molar-refractivity contribution in [1.29, 1.82) is 0 Å². The van der Waals surface area contributed by atoms with Gasteiger partial charge < -0.3 is 9.47 Å². The summed E-state index contributed by atoms with van der Waals surface area (Å²) in [6.45, 7) is 3.69. The van der Waals surface area contributed by atoms with Gasteiger partial charge in [0.1, 0.15) is 6.04 Å². The van der Waals surface area contributed by atoms with Gasteiger partial charge >= 0.3 is 11.9 Å². The lowest BCUT2D eigenvalue weighted by atomic mass is 10.3. The van der Waals surface area contributed by atoms with Crippen LogP contribution in [-0.4, -0.2) is 35.4 Å². The van der Waals surface area contributed by atoms with Crippen molar-refractivity contribution in [2.24, 2.45) is 0 Å². The van der Waals surface area contributed by atoms with E-state index in [-0.39, 0.29) is 11.7 Å². The molecule has 0 bridgehead atoms. The summed E-state index contributed by atoms with van der Waals surface area (Å²) < 4.78 is 10.7. The molecule has 16 heavy (non-hydrogen) atoms. The van der Waals surface area contributed by atoms with Gasteiger partial charge in [-0.1, -0.05) is 0 Å². The molecule has 1 aromatic heterocycles. The molecule has 6 heteroatoms. The van der Waals surface area contributed by atoms with Crippen LogP contribution in [0.15, 0.2) is 12.3 Å². The van der Waals surface area contributed by atoms with E-state index in [2.05, 4.69) is 9.84 Å². The number of aromatic nitrogens is 2. The molecular formula is C10H14N2O4. The van der Waals surface area contributed by atoms with E-state index in [1.807, 2.05) is 0 Å². The van der Waals surface area contributed by atoms with E-state index in [0.717, 1.165) is 0 Å². The fourth-order valence-electron chi connectivity index (χ4n) is 1.14. The Balaban J connectivity index is 2.77. The third-order valence-electron chi connectivity index (χ3n) is 2.03. The highest BCUT2D eigenvalue weighted by molar-refractivity contribution is 5.87. The number of carbonyl (C=O) groups is 2. The Morgan fingerprint density at radius 2 is 2.25 bits per heavy atom. The molecule has 0 N–H and O–H groups in total. The van der Waals surface area contributed by atoms with E-state index in [9.17, 15) is 9.59 Å². The zero-order valence-corrected chi connectivity index (χ0v) is 9.47. The quantitative estimate of drug-likeness (QED) is 0.710. The fourth-order valence-corrected chi connectivity index (χ4v) is 1.14. The van der Waals surface area contributed by atoms with E-state index in [4.69, 9.17) is 4.74 Å². The maximum absolute atomic E-state index is 11.4. The molecule has 88 valence electrons. The van der Waals surface area contributed by atoms with Crippen LogP contribution in [0.2, 0.25) is 0 Å². The van der Waals surface area contributed by atoms with Gasteiger partial charge in [0.05, 0.1) is 13.7 Å². The average molecular weight is 226 g/mol. The Hall–Kier alpha value is -1.85. The largest absolute Gasteiger partial charge is 0.464 e. The summed E-state index contributed by atoms with van der Waals surface area (Å²) in [6.07, 6.45) is 1.54. The first-order chi connectivity index (χ1) is 7.60. The number of rotatable bonds is 4. The normalized spacial score (nSPS) is 11.9. The molecule has 0 aromatic carbocycles. The van der Waals surface area contributed by atoms with Crippen LogP contribution in [0, 0.1) is 0 Å². The maximum Gasteiger partial charge on any atom is 0.358 e. The number of nitrogens with zero attached hydrogens (tertiary/aromatic N) is 2. The van der Waals surface area contributed by atoms with Gasteiger partial charge in [0.25, 0.3) is 0 Å². The fraction of sp³-hybridized carbons (Fsp3) is 0.500. The lowest BCUT2D eigenvalue weighted by Gasteiger charge is -2.10. The average Bonchev–Trinajstić information content (AvgIpc) is 2.76. The summed E-state index contributed by atoms with van der Waals surface area (Å²) in [7, 11) is 1.27. The van der Waals surface area contributed by atoms with E-state index in [0.29, 0.717) is 6.61 Å². The number of methoxy groups -OCH3 is 1. The Kier molecular flexibility index (Phi) is 4.04. The van der Waals surface area contributed by atoms with Gasteiger partial charge in [-0.2, -0.15) is 5.10 Å². The Bertz CT molecular complexity index is 386. The maximum atomic E-state index is 11.4. The van der Waals surface area contributed by atoms with Crippen LogP contribution in [0.4, 0.5) is 0 Å². The summed E-state index contributed by atoms with van der Waals surface area (Å²) in [5.41, 5.74) is 0.165. The van der Waals surface area contributed by atoms with E-state index < -0.39 is 12.0 Å². The van der Waals surface area contributed by atoms with Crippen molar-refractivity contribution in [3.63, 3.8) is 0 Å². The molecule has 0 amide bonds. The Morgan fingerprint density at radius 3 is 2.81 bits per heavy atom. The van der Waals surface area contributed by atoms with E-state index >= 15 is 0 Å². The molecule has 0 aliphatic heterocycles. The first-order valence-corrected chi connectivity index (χ1v) is 4.90. The Morgan fingerprint density at radius 1 is 1.56 bits per heavy atom. The van der Waals surface area contributed by atoms with E-state index in [1.54, 1.807) is 13.8 Å². The van der Waals surface area contributed by atoms with Crippen molar-refractivity contribution in [3.8, 4) is 0 Å². The van der Waals surface area contributed by atoms with Crippen molar-refractivity contribution in [2.45, 2.75) is 19.9 Å². The summed E-state index contributed by atoms with van der Waals surface area (Å²) in [5.74, 6) is -0.920. The molecule has 0 spiro atoms. The summed E-state index contributed by atoms with van der Waals surface area (Å²) in [5, 5.41) is 3.93. The number of hydrogen-bond acceptors (Lipinski definition) is 5. The summed E-state index contributed by atoms with van der Waals surface area (Å²) in [6, 6.07) is 0.931. The van der Waals surface area contributed by atoms with Crippen LogP contribution in [-0.2, 0) is 14.3 Å². The van der Waals surface area contributed by atoms with Gasteiger partial charge in [-0.25, -0.2) is 9.59 Å². The standard InChI is InChI=1S/C10H14N2O4/c1-4-16-9(13)7(2)12-6-5-8(11-12)10(14)15-3/h5-7H,4H2,1-3H3/t7-/m1/s1. The zero-order valence-electron chi connectivity index (χ0n) is 9.47. The second-order valence-electron chi connectivity index (χ2n) is 3.10. The van der Waals surface area contributed by atoms with Crippen LogP contribution in [0.25, 0.3) is 0 Å². The van der Waals surface area contributed by atoms with Gasteiger partial charge in [-0.15, -0.1) is 0 Å². The second kappa shape index (κ2) is 5.29. The van der Waals surface area contributed by atoms with Crippen molar-refractivity contribution in [1.82, 2.24) is 9.78 Å². The number of carbonyl (C=O) groups excluding carboxylic acids is 2. The lowest BCUT2D eigenvalue weighted by molar-refractivity contribution is -0.146. The number of hydrogen-bond donors (Lipinski definition) is 0. The van der Waals surface area contributed by atoms with Crippen molar-refractivity contribution >= 4 is 11.9 Å². The molecular weight excluding hydrogens is 212 g/mol. The van der Waals surface area contributed by atoms with Crippen LogP contribution >= 0.6 is 0 Å². The molecule has 1 heterocycles.